The van der Waals surface area contributed by atoms with E-state index in [2.05, 4.69) is 11.9 Å². The number of fused-ring (bicyclic) bond motifs is 1. The Balaban J connectivity index is 1.90. The maximum absolute atomic E-state index is 13.6. The molecular weight excluding hydrogens is 434 g/mol. The summed E-state index contributed by atoms with van der Waals surface area (Å²) in [5.74, 6) is -0.749. The van der Waals surface area contributed by atoms with Crippen LogP contribution in [0.3, 0.4) is 0 Å². The van der Waals surface area contributed by atoms with Crippen LogP contribution in [0.25, 0.3) is 28.7 Å². The number of carboxylic acid groups (broad SMARTS) is 1. The molecule has 4 aromatic rings. The van der Waals surface area contributed by atoms with Gasteiger partial charge in [0.15, 0.2) is 0 Å². The van der Waals surface area contributed by atoms with E-state index in [4.69, 9.17) is 0 Å². The lowest BCUT2D eigenvalue weighted by Crippen LogP contribution is -2.22. The molecular formula is C26H21N3O5. The first-order valence-corrected chi connectivity index (χ1v) is 10.7. The number of carboxylic acids is 1. The van der Waals surface area contributed by atoms with Crippen molar-refractivity contribution in [2.45, 2.75) is 19.8 Å². The van der Waals surface area contributed by atoms with Gasteiger partial charge in [0, 0.05) is 12.1 Å². The molecule has 0 atom stereocenters. The third-order valence-electron chi connectivity index (χ3n) is 5.38. The average molecular weight is 455 g/mol. The highest BCUT2D eigenvalue weighted by molar-refractivity contribution is 5.88. The van der Waals surface area contributed by atoms with Gasteiger partial charge in [-0.2, -0.15) is 0 Å². The fourth-order valence-electron chi connectivity index (χ4n) is 3.72. The number of nitro benzene ring substituents is 1. The van der Waals surface area contributed by atoms with Crippen molar-refractivity contribution in [3.8, 4) is 5.69 Å². The smallest absolute Gasteiger partial charge is 0.335 e. The first kappa shape index (κ1) is 22.6. The van der Waals surface area contributed by atoms with Crippen LogP contribution in [0.5, 0.6) is 0 Å². The molecule has 1 N–H and O–H groups in total. The summed E-state index contributed by atoms with van der Waals surface area (Å²) in [4.78, 5) is 40.1. The van der Waals surface area contributed by atoms with E-state index in [9.17, 15) is 24.8 Å². The van der Waals surface area contributed by atoms with Gasteiger partial charge in [-0.3, -0.25) is 19.5 Å². The molecule has 0 bridgehead atoms. The van der Waals surface area contributed by atoms with E-state index >= 15 is 0 Å². The van der Waals surface area contributed by atoms with Crippen molar-refractivity contribution in [3.63, 3.8) is 0 Å². The lowest BCUT2D eigenvalue weighted by Gasteiger charge is -2.12. The Bertz CT molecular complexity index is 1490. The fraction of sp³-hybridized carbons (Fsp3) is 0.115. The second kappa shape index (κ2) is 9.50. The lowest BCUT2D eigenvalue weighted by molar-refractivity contribution is -0.384. The van der Waals surface area contributed by atoms with Crippen LogP contribution in [-0.2, 0) is 6.42 Å². The molecule has 0 unspecified atom stereocenters. The predicted octanol–water partition coefficient (Wildman–Crippen LogP) is 5.12. The largest absolute Gasteiger partial charge is 0.478 e. The number of nitrogens with zero attached hydrogens (tertiary/aromatic N) is 3. The van der Waals surface area contributed by atoms with Gasteiger partial charge in [-0.05, 0) is 60.0 Å². The number of nitro groups is 1. The highest BCUT2D eigenvalue weighted by Crippen LogP contribution is 2.19. The third-order valence-corrected chi connectivity index (χ3v) is 5.38. The molecule has 170 valence electrons. The Morgan fingerprint density at radius 1 is 1.09 bits per heavy atom. The van der Waals surface area contributed by atoms with Gasteiger partial charge >= 0.3 is 5.97 Å². The molecule has 0 spiro atoms. The van der Waals surface area contributed by atoms with Crippen molar-refractivity contribution in [1.29, 1.82) is 0 Å². The SMILES string of the molecule is CCCc1ccc2nc(/C=C/c3cccc([N+](=O)[O-])c3)n(-c3ccc(C(=O)O)cc3)c(=O)c2c1. The Kier molecular flexibility index (Phi) is 6.31. The molecule has 1 heterocycles. The first-order chi connectivity index (χ1) is 16.4. The minimum atomic E-state index is -1.06. The van der Waals surface area contributed by atoms with Crippen LogP contribution in [0, 0.1) is 10.1 Å². The molecule has 8 heteroatoms. The van der Waals surface area contributed by atoms with Crippen LogP contribution in [0.2, 0.25) is 0 Å². The zero-order valence-corrected chi connectivity index (χ0v) is 18.3. The van der Waals surface area contributed by atoms with Crippen LogP contribution >= 0.6 is 0 Å². The molecule has 4 rings (SSSR count). The van der Waals surface area contributed by atoms with E-state index in [-0.39, 0.29) is 16.8 Å². The molecule has 3 aromatic carbocycles. The van der Waals surface area contributed by atoms with Crippen molar-refractivity contribution in [2.75, 3.05) is 0 Å². The number of aromatic carboxylic acids is 1. The minimum absolute atomic E-state index is 0.0428. The third kappa shape index (κ3) is 4.61. The Morgan fingerprint density at radius 3 is 2.53 bits per heavy atom. The van der Waals surface area contributed by atoms with Crippen molar-refractivity contribution >= 4 is 34.7 Å². The van der Waals surface area contributed by atoms with Crippen molar-refractivity contribution in [1.82, 2.24) is 9.55 Å². The van der Waals surface area contributed by atoms with Gasteiger partial charge in [0.25, 0.3) is 11.2 Å². The molecule has 34 heavy (non-hydrogen) atoms. The normalized spacial score (nSPS) is 11.2. The zero-order chi connectivity index (χ0) is 24.2. The predicted molar refractivity (Wildman–Crippen MR) is 130 cm³/mol. The fourth-order valence-corrected chi connectivity index (χ4v) is 3.72. The van der Waals surface area contributed by atoms with Crippen molar-refractivity contribution in [3.05, 3.63) is 110 Å². The van der Waals surface area contributed by atoms with E-state index in [1.807, 2.05) is 18.2 Å². The van der Waals surface area contributed by atoms with Gasteiger partial charge in [-0.15, -0.1) is 0 Å². The Morgan fingerprint density at radius 2 is 1.85 bits per heavy atom. The number of rotatable bonds is 7. The molecule has 0 aliphatic heterocycles. The number of non-ortho nitro benzene ring substituents is 1. The van der Waals surface area contributed by atoms with Crippen LogP contribution in [-0.4, -0.2) is 25.6 Å². The summed E-state index contributed by atoms with van der Waals surface area (Å²) in [7, 11) is 0. The van der Waals surface area contributed by atoms with Crippen LogP contribution < -0.4 is 5.56 Å². The lowest BCUT2D eigenvalue weighted by atomic mass is 10.1. The van der Waals surface area contributed by atoms with Gasteiger partial charge in [0.1, 0.15) is 5.82 Å². The van der Waals surface area contributed by atoms with E-state index < -0.39 is 10.9 Å². The van der Waals surface area contributed by atoms with E-state index in [0.717, 1.165) is 18.4 Å². The van der Waals surface area contributed by atoms with Crippen LogP contribution in [0.4, 0.5) is 5.69 Å². The Hall–Kier alpha value is -4.59. The maximum Gasteiger partial charge on any atom is 0.335 e. The highest BCUT2D eigenvalue weighted by atomic mass is 16.6. The quantitative estimate of drug-likeness (QED) is 0.306. The van der Waals surface area contributed by atoms with E-state index in [1.54, 1.807) is 36.4 Å². The number of hydrogen-bond acceptors (Lipinski definition) is 5. The summed E-state index contributed by atoms with van der Waals surface area (Å²) < 4.78 is 1.41. The first-order valence-electron chi connectivity index (χ1n) is 10.7. The molecule has 8 nitrogen and oxygen atoms in total. The number of hydrogen-bond donors (Lipinski definition) is 1. The number of benzene rings is 3. The van der Waals surface area contributed by atoms with Gasteiger partial charge in [-0.1, -0.05) is 37.6 Å². The van der Waals surface area contributed by atoms with Crippen LogP contribution in [0.15, 0.2) is 71.5 Å². The molecule has 0 saturated carbocycles. The standard InChI is InChI=1S/C26H21N3O5/c1-2-4-17-7-13-23-22(16-17)25(30)28(20-11-9-19(10-12-20)26(31)32)24(27-23)14-8-18-5-3-6-21(15-18)29(33)34/h3,5-16H,2,4H2,1H3,(H,31,32)/b14-8+. The second-order valence-electron chi connectivity index (χ2n) is 7.75. The van der Waals surface area contributed by atoms with E-state index in [1.165, 1.54) is 28.8 Å². The average Bonchev–Trinajstić information content (AvgIpc) is 2.83. The molecule has 1 aromatic heterocycles. The monoisotopic (exact) mass is 455 g/mol. The minimum Gasteiger partial charge on any atom is -0.478 e. The number of aryl methyl sites for hydroxylation is 1. The van der Waals surface area contributed by atoms with Gasteiger partial charge in [-0.25, -0.2) is 9.78 Å². The summed E-state index contributed by atoms with van der Waals surface area (Å²) in [5.41, 5.74) is 2.37. The molecule has 0 saturated heterocycles. The maximum atomic E-state index is 13.6. The number of aromatic nitrogens is 2. The van der Waals surface area contributed by atoms with Crippen LogP contribution in [0.1, 0.15) is 40.7 Å². The summed E-state index contributed by atoms with van der Waals surface area (Å²) in [6.45, 7) is 2.06. The topological polar surface area (TPSA) is 115 Å². The molecule has 0 aliphatic rings. The van der Waals surface area contributed by atoms with Crippen molar-refractivity contribution < 1.29 is 14.8 Å². The number of carbonyl (C=O) groups is 1. The summed E-state index contributed by atoms with van der Waals surface area (Å²) in [6.07, 6.45) is 5.03. The summed E-state index contributed by atoms with van der Waals surface area (Å²) in [6, 6.07) is 17.7. The van der Waals surface area contributed by atoms with Gasteiger partial charge in [0.2, 0.25) is 0 Å². The molecule has 0 amide bonds. The summed E-state index contributed by atoms with van der Waals surface area (Å²) >= 11 is 0. The highest BCUT2D eigenvalue weighted by Gasteiger charge is 2.13. The Labute approximate surface area is 194 Å². The zero-order valence-electron chi connectivity index (χ0n) is 18.3. The van der Waals surface area contributed by atoms with Crippen molar-refractivity contribution in [2.24, 2.45) is 0 Å². The van der Waals surface area contributed by atoms with Gasteiger partial charge < -0.3 is 5.11 Å². The van der Waals surface area contributed by atoms with Gasteiger partial charge in [0.05, 0.1) is 27.1 Å². The molecule has 0 fully saturated rings. The summed E-state index contributed by atoms with van der Waals surface area (Å²) in [5, 5.41) is 20.8. The molecule has 0 radical (unpaired) electrons. The molecule has 0 aliphatic carbocycles. The second-order valence-corrected chi connectivity index (χ2v) is 7.75. The van der Waals surface area contributed by atoms with E-state index in [0.29, 0.717) is 28.0 Å².